The molecule has 0 atom stereocenters. The number of carbonyl (C=O) groups is 1. The monoisotopic (exact) mass is 289 g/mol. The van der Waals surface area contributed by atoms with Gasteiger partial charge in [0.2, 0.25) is 0 Å². The van der Waals surface area contributed by atoms with Crippen LogP contribution >= 0.6 is 11.6 Å². The first-order chi connectivity index (χ1) is 9.45. The van der Waals surface area contributed by atoms with Crippen LogP contribution in [0.2, 0.25) is 5.15 Å². The average molecular weight is 290 g/mol. The summed E-state index contributed by atoms with van der Waals surface area (Å²) in [6.07, 6.45) is 1.70. The Hall–Kier alpha value is -1.94. The van der Waals surface area contributed by atoms with Gasteiger partial charge in [0.05, 0.1) is 0 Å². The van der Waals surface area contributed by atoms with Gasteiger partial charge in [0.25, 0.3) is 5.91 Å². The number of nitrogens with zero attached hydrogens (tertiary/aromatic N) is 2. The second-order valence-corrected chi connectivity index (χ2v) is 5.32. The smallest absolute Gasteiger partial charge is 0.256 e. The summed E-state index contributed by atoms with van der Waals surface area (Å²) >= 11 is 5.96. The van der Waals surface area contributed by atoms with Gasteiger partial charge < -0.3 is 5.32 Å². The third kappa shape index (κ3) is 3.54. The summed E-state index contributed by atoms with van der Waals surface area (Å²) in [6, 6.07) is 6.96. The molecule has 0 bridgehead atoms. The number of pyridine rings is 2. The van der Waals surface area contributed by atoms with E-state index < -0.39 is 0 Å². The molecule has 0 unspecified atom stereocenters. The van der Waals surface area contributed by atoms with E-state index >= 15 is 0 Å². The lowest BCUT2D eigenvalue weighted by Crippen LogP contribution is -2.14. The maximum absolute atomic E-state index is 12.2. The molecule has 0 spiro atoms. The predicted octanol–water partition coefficient (Wildman–Crippen LogP) is 3.81. The van der Waals surface area contributed by atoms with Crippen molar-refractivity contribution < 1.29 is 4.79 Å². The van der Waals surface area contributed by atoms with Crippen molar-refractivity contribution in [3.63, 3.8) is 0 Å². The highest BCUT2D eigenvalue weighted by atomic mass is 35.5. The van der Waals surface area contributed by atoms with Gasteiger partial charge in [-0.15, -0.1) is 0 Å². The van der Waals surface area contributed by atoms with Crippen molar-refractivity contribution in [2.75, 3.05) is 5.32 Å². The van der Waals surface area contributed by atoms with E-state index in [2.05, 4.69) is 15.3 Å². The van der Waals surface area contributed by atoms with Gasteiger partial charge in [-0.3, -0.25) is 4.79 Å². The largest absolute Gasteiger partial charge is 0.307 e. The normalized spacial score (nSPS) is 10.7. The molecule has 0 aliphatic carbocycles. The van der Waals surface area contributed by atoms with E-state index in [4.69, 9.17) is 11.6 Å². The number of amides is 1. The summed E-state index contributed by atoms with van der Waals surface area (Å²) in [7, 11) is 0. The maximum Gasteiger partial charge on any atom is 0.256 e. The molecule has 0 aliphatic heterocycles. The lowest BCUT2D eigenvalue weighted by atomic mass is 10.1. The van der Waals surface area contributed by atoms with E-state index in [1.165, 1.54) is 0 Å². The SMILES string of the molecule is Cc1ccc(NC(=O)c2cc(Cl)nc(C(C)C)c2)nc1. The molecule has 0 fully saturated rings. The first kappa shape index (κ1) is 14.5. The van der Waals surface area contributed by atoms with Gasteiger partial charge in [0, 0.05) is 17.5 Å². The Balaban J connectivity index is 2.22. The Morgan fingerprint density at radius 3 is 2.65 bits per heavy atom. The zero-order valence-electron chi connectivity index (χ0n) is 11.6. The number of carbonyl (C=O) groups excluding carboxylic acids is 1. The predicted molar refractivity (Wildman–Crippen MR) is 80.3 cm³/mol. The van der Waals surface area contributed by atoms with Crippen molar-refractivity contribution in [3.8, 4) is 0 Å². The quantitative estimate of drug-likeness (QED) is 0.874. The van der Waals surface area contributed by atoms with Crippen LogP contribution in [0.25, 0.3) is 0 Å². The first-order valence-electron chi connectivity index (χ1n) is 6.37. The van der Waals surface area contributed by atoms with E-state index in [1.54, 1.807) is 24.4 Å². The standard InChI is InChI=1S/C15H16ClN3O/c1-9(2)12-6-11(7-13(16)18-12)15(20)19-14-5-4-10(3)8-17-14/h4-9H,1-3H3,(H,17,19,20). The Morgan fingerprint density at radius 1 is 1.30 bits per heavy atom. The Bertz CT molecular complexity index is 624. The highest BCUT2D eigenvalue weighted by Gasteiger charge is 2.11. The van der Waals surface area contributed by atoms with Gasteiger partial charge in [-0.25, -0.2) is 9.97 Å². The zero-order valence-corrected chi connectivity index (χ0v) is 12.4. The molecule has 0 saturated carbocycles. The number of aromatic nitrogens is 2. The van der Waals surface area contributed by atoms with Crippen LogP contribution in [-0.4, -0.2) is 15.9 Å². The molecule has 20 heavy (non-hydrogen) atoms. The Labute approximate surface area is 123 Å². The van der Waals surface area contributed by atoms with Gasteiger partial charge >= 0.3 is 0 Å². The molecule has 0 aliphatic rings. The first-order valence-corrected chi connectivity index (χ1v) is 6.75. The minimum absolute atomic E-state index is 0.206. The summed E-state index contributed by atoms with van der Waals surface area (Å²) in [5.74, 6) is 0.477. The Kier molecular flexibility index (Phi) is 4.35. The van der Waals surface area contributed by atoms with Crippen LogP contribution in [0.3, 0.4) is 0 Å². The van der Waals surface area contributed by atoms with Crippen LogP contribution < -0.4 is 5.32 Å². The fourth-order valence-corrected chi connectivity index (χ4v) is 1.89. The van der Waals surface area contributed by atoms with Crippen LogP contribution in [0.4, 0.5) is 5.82 Å². The van der Waals surface area contributed by atoms with Crippen LogP contribution in [0.15, 0.2) is 30.5 Å². The van der Waals surface area contributed by atoms with E-state index in [0.717, 1.165) is 11.3 Å². The molecular formula is C15H16ClN3O. The van der Waals surface area contributed by atoms with E-state index in [9.17, 15) is 4.79 Å². The van der Waals surface area contributed by atoms with Crippen LogP contribution in [0.1, 0.15) is 41.4 Å². The van der Waals surface area contributed by atoms with Crippen molar-refractivity contribution in [2.45, 2.75) is 26.7 Å². The van der Waals surface area contributed by atoms with Crippen molar-refractivity contribution in [1.82, 2.24) is 9.97 Å². The van der Waals surface area contributed by atoms with Gasteiger partial charge in [0.1, 0.15) is 11.0 Å². The molecule has 2 aromatic heterocycles. The third-order valence-corrected chi connectivity index (χ3v) is 3.01. The lowest BCUT2D eigenvalue weighted by molar-refractivity contribution is 0.102. The number of hydrogen-bond donors (Lipinski definition) is 1. The molecule has 0 aromatic carbocycles. The molecule has 2 rings (SSSR count). The fraction of sp³-hybridized carbons (Fsp3) is 0.267. The van der Waals surface area contributed by atoms with Gasteiger partial charge in [-0.1, -0.05) is 31.5 Å². The molecule has 2 heterocycles. The van der Waals surface area contributed by atoms with E-state index in [0.29, 0.717) is 16.5 Å². The third-order valence-electron chi connectivity index (χ3n) is 2.82. The zero-order chi connectivity index (χ0) is 14.7. The summed E-state index contributed by atoms with van der Waals surface area (Å²) < 4.78 is 0. The molecule has 5 heteroatoms. The van der Waals surface area contributed by atoms with Gasteiger partial charge in [-0.05, 0) is 36.6 Å². The average Bonchev–Trinajstić information content (AvgIpc) is 2.40. The number of nitrogens with one attached hydrogen (secondary N) is 1. The molecule has 2 aromatic rings. The van der Waals surface area contributed by atoms with E-state index in [-0.39, 0.29) is 11.8 Å². The second-order valence-electron chi connectivity index (χ2n) is 4.93. The molecular weight excluding hydrogens is 274 g/mol. The topological polar surface area (TPSA) is 54.9 Å². The molecule has 4 nitrogen and oxygen atoms in total. The summed E-state index contributed by atoms with van der Waals surface area (Å²) in [6.45, 7) is 5.94. The minimum atomic E-state index is -0.243. The second kappa shape index (κ2) is 6.01. The highest BCUT2D eigenvalue weighted by molar-refractivity contribution is 6.29. The summed E-state index contributed by atoms with van der Waals surface area (Å²) in [5.41, 5.74) is 2.31. The number of halogens is 1. The van der Waals surface area contributed by atoms with Crippen molar-refractivity contribution >= 4 is 23.3 Å². The molecule has 0 radical (unpaired) electrons. The van der Waals surface area contributed by atoms with Gasteiger partial charge in [-0.2, -0.15) is 0 Å². The number of hydrogen-bond acceptors (Lipinski definition) is 3. The fourth-order valence-electron chi connectivity index (χ4n) is 1.67. The summed E-state index contributed by atoms with van der Waals surface area (Å²) in [5, 5.41) is 3.06. The molecule has 1 N–H and O–H groups in total. The van der Waals surface area contributed by atoms with Crippen LogP contribution in [-0.2, 0) is 0 Å². The van der Waals surface area contributed by atoms with E-state index in [1.807, 2.05) is 26.8 Å². The lowest BCUT2D eigenvalue weighted by Gasteiger charge is -2.09. The summed E-state index contributed by atoms with van der Waals surface area (Å²) in [4.78, 5) is 20.5. The van der Waals surface area contributed by atoms with Crippen LogP contribution in [0.5, 0.6) is 0 Å². The van der Waals surface area contributed by atoms with Crippen molar-refractivity contribution in [1.29, 1.82) is 0 Å². The minimum Gasteiger partial charge on any atom is -0.307 e. The highest BCUT2D eigenvalue weighted by Crippen LogP contribution is 2.18. The Morgan fingerprint density at radius 2 is 2.05 bits per heavy atom. The molecule has 1 amide bonds. The van der Waals surface area contributed by atoms with Crippen molar-refractivity contribution in [3.05, 3.63) is 52.4 Å². The van der Waals surface area contributed by atoms with Gasteiger partial charge in [0.15, 0.2) is 0 Å². The number of anilines is 1. The molecule has 0 saturated heterocycles. The number of rotatable bonds is 3. The molecule has 104 valence electrons. The maximum atomic E-state index is 12.2. The van der Waals surface area contributed by atoms with Crippen LogP contribution in [0, 0.1) is 6.92 Å². The number of aryl methyl sites for hydroxylation is 1. The van der Waals surface area contributed by atoms with Crippen molar-refractivity contribution in [2.24, 2.45) is 0 Å².